The first-order chi connectivity index (χ1) is 14.3. The standard InChI is InChI=1S/C18H15ClIN5O3S2/c1-10-2-4-12(5-3-10)30(27,28)25-8-13(20)15-16(23-18(19)24-17(15)25)22-7-14-21-6-11(9-26)29-14/h2-6,8,26H,7,9H2,1H3,(H,22,23,24). The molecular weight excluding hydrogens is 561 g/mol. The minimum atomic E-state index is -3.87. The quantitative estimate of drug-likeness (QED) is 0.266. The largest absolute Gasteiger partial charge is 0.391 e. The topological polar surface area (TPSA) is 110 Å². The second kappa shape index (κ2) is 8.38. The number of hydrogen-bond acceptors (Lipinski definition) is 8. The number of aliphatic hydroxyl groups is 1. The summed E-state index contributed by atoms with van der Waals surface area (Å²) in [6.45, 7) is 2.17. The van der Waals surface area contributed by atoms with Gasteiger partial charge in [0.25, 0.3) is 10.0 Å². The fraction of sp³-hybridized carbons (Fsp3) is 0.167. The van der Waals surface area contributed by atoms with Gasteiger partial charge in [0.2, 0.25) is 5.28 Å². The molecule has 0 bridgehead atoms. The molecule has 0 fully saturated rings. The van der Waals surface area contributed by atoms with Crippen LogP contribution < -0.4 is 5.32 Å². The highest BCUT2D eigenvalue weighted by atomic mass is 127. The molecule has 0 radical (unpaired) electrons. The number of benzene rings is 1. The molecule has 4 rings (SSSR count). The van der Waals surface area contributed by atoms with E-state index in [0.29, 0.717) is 21.3 Å². The average molecular weight is 576 g/mol. The number of anilines is 1. The highest BCUT2D eigenvalue weighted by molar-refractivity contribution is 14.1. The summed E-state index contributed by atoms with van der Waals surface area (Å²) in [6, 6.07) is 6.61. The van der Waals surface area contributed by atoms with Crippen molar-refractivity contribution in [1.29, 1.82) is 0 Å². The van der Waals surface area contributed by atoms with Crippen molar-refractivity contribution < 1.29 is 13.5 Å². The Hall–Kier alpha value is -1.80. The van der Waals surface area contributed by atoms with Crippen LogP contribution in [0.5, 0.6) is 0 Å². The fourth-order valence-corrected chi connectivity index (χ4v) is 5.99. The van der Waals surface area contributed by atoms with E-state index in [1.807, 2.05) is 6.92 Å². The molecule has 0 aliphatic rings. The first-order valence-corrected chi connectivity index (χ1v) is 12.4. The predicted octanol–water partition coefficient (Wildman–Crippen LogP) is 3.80. The Morgan fingerprint density at radius 3 is 2.67 bits per heavy atom. The molecule has 0 unspecified atom stereocenters. The molecule has 0 amide bonds. The maximum Gasteiger partial charge on any atom is 0.269 e. The highest BCUT2D eigenvalue weighted by Gasteiger charge is 2.24. The van der Waals surface area contributed by atoms with Gasteiger partial charge < -0.3 is 10.4 Å². The van der Waals surface area contributed by atoms with Gasteiger partial charge in [-0.3, -0.25) is 0 Å². The number of thiazole rings is 1. The molecule has 0 spiro atoms. The van der Waals surface area contributed by atoms with Gasteiger partial charge in [0.1, 0.15) is 10.8 Å². The molecule has 1 aromatic carbocycles. The van der Waals surface area contributed by atoms with E-state index >= 15 is 0 Å². The van der Waals surface area contributed by atoms with Crippen LogP contribution in [-0.2, 0) is 23.2 Å². The number of nitrogens with one attached hydrogen (secondary N) is 1. The van der Waals surface area contributed by atoms with E-state index in [2.05, 4.69) is 42.9 Å². The van der Waals surface area contributed by atoms with E-state index in [4.69, 9.17) is 11.6 Å². The summed E-state index contributed by atoms with van der Waals surface area (Å²) >= 11 is 9.53. The summed E-state index contributed by atoms with van der Waals surface area (Å²) in [4.78, 5) is 13.6. The van der Waals surface area contributed by atoms with Crippen molar-refractivity contribution in [2.75, 3.05) is 5.32 Å². The first kappa shape index (κ1) is 21.4. The zero-order chi connectivity index (χ0) is 21.5. The number of rotatable bonds is 6. The van der Waals surface area contributed by atoms with Crippen LogP contribution in [0.1, 0.15) is 15.4 Å². The molecule has 0 aliphatic heterocycles. The molecule has 4 aromatic rings. The Bertz CT molecular complexity index is 1340. The molecule has 0 aliphatic carbocycles. The lowest BCUT2D eigenvalue weighted by Crippen LogP contribution is -2.13. The van der Waals surface area contributed by atoms with Gasteiger partial charge in [-0.25, -0.2) is 17.4 Å². The van der Waals surface area contributed by atoms with Crippen LogP contribution in [0.25, 0.3) is 11.0 Å². The first-order valence-electron chi connectivity index (χ1n) is 8.64. The second-order valence-corrected chi connectivity index (χ2v) is 10.9. The van der Waals surface area contributed by atoms with Crippen LogP contribution in [0, 0.1) is 10.5 Å². The number of aromatic nitrogens is 4. The van der Waals surface area contributed by atoms with E-state index in [1.165, 1.54) is 17.5 Å². The Labute approximate surface area is 195 Å². The van der Waals surface area contributed by atoms with Crippen LogP contribution >= 0.6 is 45.5 Å². The monoisotopic (exact) mass is 575 g/mol. The normalized spacial score (nSPS) is 11.9. The summed E-state index contributed by atoms with van der Waals surface area (Å²) in [5, 5.41) is 13.6. The summed E-state index contributed by atoms with van der Waals surface area (Å²) < 4.78 is 28.2. The van der Waals surface area contributed by atoms with E-state index < -0.39 is 10.0 Å². The zero-order valence-electron chi connectivity index (χ0n) is 15.5. The van der Waals surface area contributed by atoms with Gasteiger partial charge in [-0.15, -0.1) is 11.3 Å². The highest BCUT2D eigenvalue weighted by Crippen LogP contribution is 2.32. The maximum atomic E-state index is 13.2. The van der Waals surface area contributed by atoms with Crippen LogP contribution in [0.15, 0.2) is 41.6 Å². The molecule has 0 atom stereocenters. The third-order valence-corrected chi connectivity index (χ3v) is 7.92. The lowest BCUT2D eigenvalue weighted by molar-refractivity contribution is 0.285. The van der Waals surface area contributed by atoms with Gasteiger partial charge in [-0.2, -0.15) is 9.97 Å². The molecule has 156 valence electrons. The molecule has 8 nitrogen and oxygen atoms in total. The van der Waals surface area contributed by atoms with Gasteiger partial charge >= 0.3 is 0 Å². The van der Waals surface area contributed by atoms with Crippen LogP contribution in [-0.4, -0.2) is 32.4 Å². The lowest BCUT2D eigenvalue weighted by Gasteiger charge is -2.09. The van der Waals surface area contributed by atoms with Crippen molar-refractivity contribution in [3.05, 3.63) is 61.0 Å². The molecule has 30 heavy (non-hydrogen) atoms. The van der Waals surface area contributed by atoms with Crippen molar-refractivity contribution in [1.82, 2.24) is 18.9 Å². The molecule has 0 saturated heterocycles. The second-order valence-electron chi connectivity index (χ2n) is 6.36. The zero-order valence-corrected chi connectivity index (χ0v) is 20.0. The predicted molar refractivity (Wildman–Crippen MR) is 124 cm³/mol. The number of aryl methyl sites for hydroxylation is 1. The third kappa shape index (κ3) is 4.04. The average Bonchev–Trinajstić information content (AvgIpc) is 3.31. The van der Waals surface area contributed by atoms with Gasteiger partial charge in [0.15, 0.2) is 5.65 Å². The Balaban J connectivity index is 1.77. The van der Waals surface area contributed by atoms with Gasteiger partial charge in [-0.1, -0.05) is 17.7 Å². The Morgan fingerprint density at radius 2 is 2.00 bits per heavy atom. The van der Waals surface area contributed by atoms with Crippen molar-refractivity contribution in [3.8, 4) is 0 Å². The molecule has 0 saturated carbocycles. The smallest absolute Gasteiger partial charge is 0.269 e. The van der Waals surface area contributed by atoms with Gasteiger partial charge in [0, 0.05) is 16.0 Å². The van der Waals surface area contributed by atoms with Gasteiger partial charge in [-0.05, 0) is 53.2 Å². The third-order valence-electron chi connectivity index (χ3n) is 4.28. The summed E-state index contributed by atoms with van der Waals surface area (Å²) in [7, 11) is -3.87. The van der Waals surface area contributed by atoms with E-state index in [9.17, 15) is 13.5 Å². The summed E-state index contributed by atoms with van der Waals surface area (Å²) in [5.74, 6) is 0.410. The van der Waals surface area contributed by atoms with Crippen molar-refractivity contribution in [2.24, 2.45) is 0 Å². The number of hydrogen-bond donors (Lipinski definition) is 2. The summed E-state index contributed by atoms with van der Waals surface area (Å²) in [6.07, 6.45) is 3.11. The number of aliphatic hydroxyl groups excluding tert-OH is 1. The van der Waals surface area contributed by atoms with Crippen molar-refractivity contribution in [3.63, 3.8) is 0 Å². The molecular formula is C18H15ClIN5O3S2. The van der Waals surface area contributed by atoms with Crippen LogP contribution in [0.3, 0.4) is 0 Å². The molecule has 2 N–H and O–H groups in total. The van der Waals surface area contributed by atoms with Gasteiger partial charge in [0.05, 0.1) is 28.3 Å². The SMILES string of the molecule is Cc1ccc(S(=O)(=O)n2cc(I)c3c(NCc4ncc(CO)s4)nc(Cl)nc32)cc1. The Kier molecular flexibility index (Phi) is 5.99. The number of fused-ring (bicyclic) bond motifs is 1. The number of halogens is 2. The lowest BCUT2D eigenvalue weighted by atomic mass is 10.2. The molecule has 3 aromatic heterocycles. The fourth-order valence-electron chi connectivity index (χ4n) is 2.83. The molecule has 12 heteroatoms. The van der Waals surface area contributed by atoms with Crippen LogP contribution in [0.4, 0.5) is 5.82 Å². The minimum Gasteiger partial charge on any atom is -0.391 e. The molecule has 3 heterocycles. The van der Waals surface area contributed by atoms with E-state index in [0.717, 1.165) is 19.4 Å². The van der Waals surface area contributed by atoms with E-state index in [1.54, 1.807) is 30.5 Å². The Morgan fingerprint density at radius 1 is 1.27 bits per heavy atom. The van der Waals surface area contributed by atoms with Crippen molar-refractivity contribution >= 4 is 72.4 Å². The van der Waals surface area contributed by atoms with E-state index in [-0.39, 0.29) is 22.4 Å². The van der Waals surface area contributed by atoms with Crippen molar-refractivity contribution in [2.45, 2.75) is 25.0 Å². The minimum absolute atomic E-state index is 0.0706. The summed E-state index contributed by atoms with van der Waals surface area (Å²) in [5.41, 5.74) is 1.15. The number of nitrogens with zero attached hydrogens (tertiary/aromatic N) is 4. The van der Waals surface area contributed by atoms with Crippen LogP contribution in [0.2, 0.25) is 5.28 Å². The maximum absolute atomic E-state index is 13.2.